The quantitative estimate of drug-likeness (QED) is 0.849. The summed E-state index contributed by atoms with van der Waals surface area (Å²) in [4.78, 5) is 14.5. The third-order valence-electron chi connectivity index (χ3n) is 4.26. The molecule has 1 aromatic carbocycles. The van der Waals surface area contributed by atoms with Crippen molar-refractivity contribution in [2.24, 2.45) is 0 Å². The van der Waals surface area contributed by atoms with Crippen molar-refractivity contribution in [2.75, 3.05) is 37.7 Å². The third kappa shape index (κ3) is 3.19. The lowest BCUT2D eigenvalue weighted by atomic mass is 10.1. The number of nitrogens with one attached hydrogen (secondary N) is 2. The van der Waals surface area contributed by atoms with E-state index < -0.39 is 0 Å². The first kappa shape index (κ1) is 14.4. The van der Waals surface area contributed by atoms with Gasteiger partial charge >= 0.3 is 0 Å². The summed E-state index contributed by atoms with van der Waals surface area (Å²) in [6, 6.07) is 8.59. The fourth-order valence-electron chi connectivity index (χ4n) is 3.04. The number of nitrogens with zero attached hydrogens (tertiary/aromatic N) is 1. The Morgan fingerprint density at radius 2 is 2.38 bits per heavy atom. The van der Waals surface area contributed by atoms with Crippen LogP contribution in [0.25, 0.3) is 0 Å². The molecule has 21 heavy (non-hydrogen) atoms. The van der Waals surface area contributed by atoms with Crippen LogP contribution < -0.4 is 15.5 Å². The zero-order valence-electron chi connectivity index (χ0n) is 12.5. The lowest BCUT2D eigenvalue weighted by Gasteiger charge is -2.29. The van der Waals surface area contributed by atoms with Gasteiger partial charge in [0.2, 0.25) is 5.91 Å². The number of rotatable bonds is 4. The molecular weight excluding hydrogens is 266 g/mol. The maximum absolute atomic E-state index is 12.1. The molecule has 0 aliphatic carbocycles. The number of anilines is 1. The molecule has 2 N–H and O–H groups in total. The third-order valence-corrected chi connectivity index (χ3v) is 4.26. The highest BCUT2D eigenvalue weighted by Gasteiger charge is 2.25. The van der Waals surface area contributed by atoms with E-state index in [0.29, 0.717) is 25.8 Å². The molecular formula is C16H23N3O2. The number of para-hydroxylation sites is 1. The first-order chi connectivity index (χ1) is 10.3. The monoisotopic (exact) mass is 289 g/mol. The number of morpholine rings is 1. The van der Waals surface area contributed by atoms with Crippen molar-refractivity contribution < 1.29 is 9.53 Å². The normalized spacial score (nSPS) is 22.7. The Bertz CT molecular complexity index is 500. The molecule has 0 saturated carbocycles. The van der Waals surface area contributed by atoms with Gasteiger partial charge in [0.15, 0.2) is 0 Å². The molecule has 1 fully saturated rings. The summed E-state index contributed by atoms with van der Waals surface area (Å²) in [5.41, 5.74) is 2.70. The minimum Gasteiger partial charge on any atom is -0.378 e. The molecule has 5 heteroatoms. The molecule has 2 aliphatic rings. The van der Waals surface area contributed by atoms with Gasteiger partial charge in [0.05, 0.1) is 13.2 Å². The van der Waals surface area contributed by atoms with Gasteiger partial charge in [-0.15, -0.1) is 0 Å². The Morgan fingerprint density at radius 3 is 3.19 bits per heavy atom. The summed E-state index contributed by atoms with van der Waals surface area (Å²) in [5.74, 6) is 0.0361. The second-order valence-electron chi connectivity index (χ2n) is 5.75. The van der Waals surface area contributed by atoms with Gasteiger partial charge in [-0.1, -0.05) is 18.2 Å². The molecule has 2 unspecified atom stereocenters. The number of amides is 1. The molecule has 0 radical (unpaired) electrons. The Balaban J connectivity index is 1.53. The number of hydrogen-bond acceptors (Lipinski definition) is 4. The van der Waals surface area contributed by atoms with Gasteiger partial charge in [0.25, 0.3) is 0 Å². The Kier molecular flexibility index (Phi) is 4.41. The van der Waals surface area contributed by atoms with Crippen LogP contribution in [0.5, 0.6) is 0 Å². The van der Waals surface area contributed by atoms with E-state index in [1.54, 1.807) is 0 Å². The average molecular weight is 289 g/mol. The van der Waals surface area contributed by atoms with Crippen LogP contribution in [0.3, 0.4) is 0 Å². The van der Waals surface area contributed by atoms with Crippen molar-refractivity contribution in [3.8, 4) is 0 Å². The number of hydrogen-bond donors (Lipinski definition) is 2. The Labute approximate surface area is 125 Å². The molecule has 3 rings (SSSR count). The maximum atomic E-state index is 12.1. The van der Waals surface area contributed by atoms with E-state index in [0.717, 1.165) is 19.5 Å². The van der Waals surface area contributed by atoms with Crippen LogP contribution in [-0.2, 0) is 16.0 Å². The number of benzene rings is 1. The Morgan fingerprint density at radius 1 is 1.52 bits per heavy atom. The van der Waals surface area contributed by atoms with Crippen LogP contribution in [0, 0.1) is 0 Å². The van der Waals surface area contributed by atoms with Gasteiger partial charge in [-0.2, -0.15) is 0 Å². The predicted octanol–water partition coefficient (Wildman–Crippen LogP) is 0.542. The smallest absolute Gasteiger partial charge is 0.239 e. The van der Waals surface area contributed by atoms with E-state index in [9.17, 15) is 4.79 Å². The van der Waals surface area contributed by atoms with E-state index in [4.69, 9.17) is 4.74 Å². The second-order valence-corrected chi connectivity index (χ2v) is 5.75. The molecule has 2 heterocycles. The lowest BCUT2D eigenvalue weighted by Crippen LogP contribution is -2.53. The molecule has 1 amide bonds. The van der Waals surface area contributed by atoms with Crippen LogP contribution in [0.2, 0.25) is 0 Å². The van der Waals surface area contributed by atoms with Crippen molar-refractivity contribution in [2.45, 2.75) is 25.4 Å². The summed E-state index contributed by atoms with van der Waals surface area (Å²) < 4.78 is 5.32. The topological polar surface area (TPSA) is 53.6 Å². The van der Waals surface area contributed by atoms with E-state index in [1.165, 1.54) is 11.3 Å². The zero-order valence-corrected chi connectivity index (χ0v) is 12.5. The van der Waals surface area contributed by atoms with Gasteiger partial charge in [0, 0.05) is 31.4 Å². The highest BCUT2D eigenvalue weighted by atomic mass is 16.5. The molecule has 1 aromatic rings. The van der Waals surface area contributed by atoms with Crippen molar-refractivity contribution in [1.82, 2.24) is 10.6 Å². The fourth-order valence-corrected chi connectivity index (χ4v) is 3.04. The first-order valence-corrected chi connectivity index (χ1v) is 7.69. The minimum atomic E-state index is -0.211. The number of ether oxygens (including phenoxy) is 1. The van der Waals surface area contributed by atoms with E-state index in [-0.39, 0.29) is 11.9 Å². The summed E-state index contributed by atoms with van der Waals surface area (Å²) in [7, 11) is 0. The highest BCUT2D eigenvalue weighted by molar-refractivity contribution is 5.82. The molecule has 2 aliphatic heterocycles. The SMILES string of the molecule is CC(CNC(=O)C1COCCN1)N1CCc2ccccc21. The largest absolute Gasteiger partial charge is 0.378 e. The van der Waals surface area contributed by atoms with Gasteiger partial charge in [-0.3, -0.25) is 4.79 Å². The summed E-state index contributed by atoms with van der Waals surface area (Å²) >= 11 is 0. The highest BCUT2D eigenvalue weighted by Crippen LogP contribution is 2.28. The number of carbonyl (C=O) groups excluding carboxylic acids is 1. The van der Waals surface area contributed by atoms with E-state index in [1.807, 2.05) is 0 Å². The standard InChI is InChI=1S/C16H23N3O2/c1-12(10-18-16(20)14-11-21-9-7-17-14)19-8-6-13-4-2-3-5-15(13)19/h2-5,12,14,17H,6-11H2,1H3,(H,18,20). The van der Waals surface area contributed by atoms with Crippen LogP contribution in [0.4, 0.5) is 5.69 Å². The van der Waals surface area contributed by atoms with Crippen molar-refractivity contribution in [3.05, 3.63) is 29.8 Å². The molecule has 114 valence electrons. The predicted molar refractivity (Wildman–Crippen MR) is 82.6 cm³/mol. The van der Waals surface area contributed by atoms with Crippen LogP contribution in [0.1, 0.15) is 12.5 Å². The van der Waals surface area contributed by atoms with Gasteiger partial charge in [0.1, 0.15) is 6.04 Å². The summed E-state index contributed by atoms with van der Waals surface area (Å²) in [6.45, 7) is 5.74. The first-order valence-electron chi connectivity index (χ1n) is 7.69. The Hall–Kier alpha value is -1.59. The molecule has 0 aromatic heterocycles. The van der Waals surface area contributed by atoms with Gasteiger partial charge < -0.3 is 20.3 Å². The van der Waals surface area contributed by atoms with E-state index >= 15 is 0 Å². The van der Waals surface area contributed by atoms with Gasteiger partial charge in [-0.25, -0.2) is 0 Å². The van der Waals surface area contributed by atoms with Crippen molar-refractivity contribution in [1.29, 1.82) is 0 Å². The fraction of sp³-hybridized carbons (Fsp3) is 0.562. The average Bonchev–Trinajstić information content (AvgIpc) is 2.97. The lowest BCUT2D eigenvalue weighted by molar-refractivity contribution is -0.125. The van der Waals surface area contributed by atoms with Gasteiger partial charge in [-0.05, 0) is 25.0 Å². The van der Waals surface area contributed by atoms with Crippen LogP contribution in [0.15, 0.2) is 24.3 Å². The second kappa shape index (κ2) is 6.45. The van der Waals surface area contributed by atoms with Crippen LogP contribution >= 0.6 is 0 Å². The molecule has 0 spiro atoms. The summed E-state index contributed by atoms with van der Waals surface area (Å²) in [6.07, 6.45) is 1.09. The maximum Gasteiger partial charge on any atom is 0.239 e. The molecule has 2 atom stereocenters. The number of carbonyl (C=O) groups is 1. The minimum absolute atomic E-state index is 0.0361. The zero-order chi connectivity index (χ0) is 14.7. The molecule has 0 bridgehead atoms. The molecule has 1 saturated heterocycles. The van der Waals surface area contributed by atoms with E-state index in [2.05, 4.69) is 46.7 Å². The van der Waals surface area contributed by atoms with Crippen LogP contribution in [-0.4, -0.2) is 50.8 Å². The molecule has 5 nitrogen and oxygen atoms in total. The summed E-state index contributed by atoms with van der Waals surface area (Å²) in [5, 5.41) is 6.21. The number of fused-ring (bicyclic) bond motifs is 1. The van der Waals surface area contributed by atoms with Crippen molar-refractivity contribution >= 4 is 11.6 Å². The van der Waals surface area contributed by atoms with Crippen molar-refractivity contribution in [3.63, 3.8) is 0 Å².